The van der Waals surface area contributed by atoms with Gasteiger partial charge < -0.3 is 9.26 Å². The summed E-state index contributed by atoms with van der Waals surface area (Å²) < 4.78 is 48.9. The Morgan fingerprint density at radius 1 is 1.47 bits per heavy atom. The molecular weight excluding hydrogens is 418 g/mol. The summed E-state index contributed by atoms with van der Waals surface area (Å²) in [5.41, 5.74) is -1.84. The number of ether oxygens (including phenoxy) is 1. The average Bonchev–Trinajstić information content (AvgIpc) is 3.14. The van der Waals surface area contributed by atoms with Crippen molar-refractivity contribution in [3.8, 4) is 18.1 Å². The van der Waals surface area contributed by atoms with E-state index in [1.54, 1.807) is 0 Å². The van der Waals surface area contributed by atoms with Crippen molar-refractivity contribution in [2.45, 2.75) is 25.4 Å². The predicted octanol–water partition coefficient (Wildman–Crippen LogP) is 2.18. The van der Waals surface area contributed by atoms with Crippen molar-refractivity contribution in [3.05, 3.63) is 74.3 Å². The maximum Gasteiger partial charge on any atom is 0.530 e. The molecule has 0 saturated heterocycles. The van der Waals surface area contributed by atoms with E-state index < -0.39 is 43.3 Å². The van der Waals surface area contributed by atoms with Gasteiger partial charge in [-0.3, -0.25) is 23.4 Å². The third-order valence-corrected chi connectivity index (χ3v) is 5.89. The lowest BCUT2D eigenvalue weighted by atomic mass is 10.1. The SMILES string of the molecule is C#C[C@@]1(CO[P@@]2(=O)OCc3ccc(F)cc3O2)C=C[C@H](n2cc(C)c(=O)[nH]c2=O)O1. The average molecular weight is 434 g/mol. The first-order valence-corrected chi connectivity index (χ1v) is 10.2. The van der Waals surface area contributed by atoms with Crippen molar-refractivity contribution >= 4 is 7.82 Å². The molecule has 156 valence electrons. The summed E-state index contributed by atoms with van der Waals surface area (Å²) in [4.78, 5) is 25.8. The van der Waals surface area contributed by atoms with Crippen LogP contribution >= 0.6 is 7.82 Å². The Morgan fingerprint density at radius 3 is 3.03 bits per heavy atom. The number of aromatic amines is 1. The molecule has 2 aromatic rings. The van der Waals surface area contributed by atoms with Crippen LogP contribution in [0.2, 0.25) is 0 Å². The van der Waals surface area contributed by atoms with Crippen molar-refractivity contribution in [1.82, 2.24) is 9.55 Å². The fourth-order valence-electron chi connectivity index (χ4n) is 2.93. The number of terminal acetylenes is 1. The van der Waals surface area contributed by atoms with Gasteiger partial charge in [-0.05, 0) is 25.1 Å². The van der Waals surface area contributed by atoms with Gasteiger partial charge in [0, 0.05) is 23.4 Å². The second-order valence-electron chi connectivity index (χ2n) is 6.72. The van der Waals surface area contributed by atoms with E-state index in [1.807, 2.05) is 0 Å². The van der Waals surface area contributed by atoms with Gasteiger partial charge in [0.15, 0.2) is 11.8 Å². The summed E-state index contributed by atoms with van der Waals surface area (Å²) in [6.07, 6.45) is 8.97. The summed E-state index contributed by atoms with van der Waals surface area (Å²) in [6.45, 7) is 1.02. The minimum absolute atomic E-state index is 0.0513. The summed E-state index contributed by atoms with van der Waals surface area (Å²) in [5, 5.41) is 0. The van der Waals surface area contributed by atoms with E-state index in [1.165, 1.54) is 37.4 Å². The zero-order valence-electron chi connectivity index (χ0n) is 15.7. The molecule has 0 aliphatic carbocycles. The van der Waals surface area contributed by atoms with Crippen molar-refractivity contribution in [3.63, 3.8) is 0 Å². The third kappa shape index (κ3) is 3.76. The molecule has 0 fully saturated rings. The lowest BCUT2D eigenvalue weighted by Gasteiger charge is -2.28. The first-order valence-electron chi connectivity index (χ1n) is 8.77. The molecular formula is C19H16FN2O7P. The number of hydrogen-bond donors (Lipinski definition) is 1. The lowest BCUT2D eigenvalue weighted by molar-refractivity contribution is -0.0511. The minimum Gasteiger partial charge on any atom is -0.404 e. The highest BCUT2D eigenvalue weighted by atomic mass is 31.2. The van der Waals surface area contributed by atoms with E-state index in [2.05, 4.69) is 10.9 Å². The number of rotatable bonds is 4. The molecule has 0 spiro atoms. The zero-order chi connectivity index (χ0) is 21.5. The van der Waals surface area contributed by atoms with Crippen LogP contribution in [-0.2, 0) is 25.0 Å². The van der Waals surface area contributed by atoms with E-state index in [4.69, 9.17) is 24.7 Å². The van der Waals surface area contributed by atoms with Gasteiger partial charge in [-0.15, -0.1) is 6.42 Å². The molecule has 0 amide bonds. The first kappa shape index (κ1) is 20.3. The number of halogens is 1. The number of nitrogens with zero attached hydrogens (tertiary/aromatic N) is 1. The normalized spacial score (nSPS) is 27.3. The second-order valence-corrected chi connectivity index (χ2v) is 8.31. The fraction of sp³-hybridized carbons (Fsp3) is 0.263. The molecule has 3 heterocycles. The third-order valence-electron chi connectivity index (χ3n) is 4.58. The number of phosphoric acid groups is 1. The number of hydrogen-bond acceptors (Lipinski definition) is 7. The highest BCUT2D eigenvalue weighted by Crippen LogP contribution is 2.55. The predicted molar refractivity (Wildman–Crippen MR) is 102 cm³/mol. The van der Waals surface area contributed by atoms with Crippen LogP contribution in [0.3, 0.4) is 0 Å². The standard InChI is InChI=1S/C19H16FN2O7P/c1-3-19(7-6-16(28-19)22-9-12(2)17(23)21-18(22)24)11-27-30(25)26-10-13-4-5-14(20)8-15(13)29-30/h1,4-9,16H,10-11H2,2H3,(H,21,23,24)/t16-,19+,30-/m1/s1. The van der Waals surface area contributed by atoms with Crippen LogP contribution in [-0.4, -0.2) is 21.8 Å². The quantitative estimate of drug-likeness (QED) is 0.446. The van der Waals surface area contributed by atoms with E-state index in [-0.39, 0.29) is 12.4 Å². The van der Waals surface area contributed by atoms with Crippen molar-refractivity contribution in [2.24, 2.45) is 0 Å². The topological polar surface area (TPSA) is 109 Å². The molecule has 2 aliphatic heterocycles. The van der Waals surface area contributed by atoms with Gasteiger partial charge in [0.2, 0.25) is 0 Å². The summed E-state index contributed by atoms with van der Waals surface area (Å²) >= 11 is 0. The van der Waals surface area contributed by atoms with Gasteiger partial charge in [0.1, 0.15) is 18.2 Å². The van der Waals surface area contributed by atoms with Gasteiger partial charge in [0.25, 0.3) is 5.56 Å². The summed E-state index contributed by atoms with van der Waals surface area (Å²) in [6, 6.07) is 3.76. The van der Waals surface area contributed by atoms with Crippen molar-refractivity contribution in [2.75, 3.05) is 6.61 Å². The Balaban J connectivity index is 1.50. The number of aromatic nitrogens is 2. The number of aryl methyl sites for hydroxylation is 1. The Labute approximate surface area is 169 Å². The molecule has 1 N–H and O–H groups in total. The molecule has 1 aromatic carbocycles. The van der Waals surface area contributed by atoms with Crippen LogP contribution in [0.1, 0.15) is 17.4 Å². The molecule has 9 nitrogen and oxygen atoms in total. The first-order chi connectivity index (χ1) is 14.2. The maximum absolute atomic E-state index is 13.4. The largest absolute Gasteiger partial charge is 0.530 e. The second kappa shape index (κ2) is 7.38. The van der Waals surface area contributed by atoms with Gasteiger partial charge in [0.05, 0.1) is 6.61 Å². The van der Waals surface area contributed by atoms with Crippen LogP contribution < -0.4 is 15.8 Å². The van der Waals surface area contributed by atoms with Gasteiger partial charge in [-0.25, -0.2) is 13.8 Å². The zero-order valence-corrected chi connectivity index (χ0v) is 16.6. The molecule has 30 heavy (non-hydrogen) atoms. The Morgan fingerprint density at radius 2 is 2.27 bits per heavy atom. The van der Waals surface area contributed by atoms with Crippen molar-refractivity contribution < 1.29 is 27.3 Å². The Hall–Kier alpha value is -2.96. The molecule has 1 aromatic heterocycles. The maximum atomic E-state index is 13.4. The molecule has 0 unspecified atom stereocenters. The number of H-pyrrole nitrogens is 1. The number of phosphoric ester groups is 1. The number of benzene rings is 1. The van der Waals surface area contributed by atoms with Crippen molar-refractivity contribution in [1.29, 1.82) is 0 Å². The van der Waals surface area contributed by atoms with Gasteiger partial charge in [-0.1, -0.05) is 12.0 Å². The highest BCUT2D eigenvalue weighted by Gasteiger charge is 2.41. The molecule has 11 heteroatoms. The van der Waals surface area contributed by atoms with Crippen LogP contribution in [0.15, 0.2) is 46.1 Å². The number of fused-ring (bicyclic) bond motifs is 1. The van der Waals surface area contributed by atoms with Crippen LogP contribution in [0.4, 0.5) is 4.39 Å². The van der Waals surface area contributed by atoms with E-state index in [0.29, 0.717) is 11.1 Å². The lowest BCUT2D eigenvalue weighted by Crippen LogP contribution is -2.37. The Kier molecular flexibility index (Phi) is 5.00. The Bertz CT molecular complexity index is 1240. The summed E-state index contributed by atoms with van der Waals surface area (Å²) in [7, 11) is -4.08. The number of nitrogens with one attached hydrogen (secondary N) is 1. The molecule has 0 saturated carbocycles. The van der Waals surface area contributed by atoms with Gasteiger partial charge in [-0.2, -0.15) is 0 Å². The summed E-state index contributed by atoms with van der Waals surface area (Å²) in [5.74, 6) is 1.88. The van der Waals surface area contributed by atoms with Gasteiger partial charge >= 0.3 is 13.5 Å². The minimum atomic E-state index is -4.08. The van der Waals surface area contributed by atoms with Crippen LogP contribution in [0.25, 0.3) is 0 Å². The fourth-order valence-corrected chi connectivity index (χ4v) is 4.17. The highest BCUT2D eigenvalue weighted by molar-refractivity contribution is 7.49. The van der Waals surface area contributed by atoms with Crippen LogP contribution in [0.5, 0.6) is 5.75 Å². The molecule has 3 atom stereocenters. The molecule has 4 rings (SSSR count). The molecule has 2 aliphatic rings. The smallest absolute Gasteiger partial charge is 0.404 e. The van der Waals surface area contributed by atoms with E-state index in [0.717, 1.165) is 10.6 Å². The molecule has 0 radical (unpaired) electrons. The van der Waals surface area contributed by atoms with E-state index in [9.17, 15) is 18.5 Å². The molecule has 0 bridgehead atoms. The monoisotopic (exact) mass is 434 g/mol. The van der Waals surface area contributed by atoms with E-state index >= 15 is 0 Å². The van der Waals surface area contributed by atoms with Crippen LogP contribution in [0, 0.1) is 25.1 Å².